The fourth-order valence-electron chi connectivity index (χ4n) is 5.60. The van der Waals surface area contributed by atoms with Crippen LogP contribution in [0.15, 0.2) is 101 Å². The van der Waals surface area contributed by atoms with Crippen LogP contribution in [0.25, 0.3) is 10.4 Å². The summed E-state index contributed by atoms with van der Waals surface area (Å²) in [5, 5.41) is 26.6. The number of nitrogens with zero attached hydrogens (tertiary/aromatic N) is 5. The molecule has 1 aromatic heterocycles. The third-order valence-electron chi connectivity index (χ3n) is 8.01. The van der Waals surface area contributed by atoms with Crippen LogP contribution in [0.4, 0.5) is 14.9 Å². The largest absolute Gasteiger partial charge is 0.481 e. The highest BCUT2D eigenvalue weighted by Gasteiger charge is 2.32. The Morgan fingerprint density at radius 2 is 1.73 bits per heavy atom. The minimum Gasteiger partial charge on any atom is -0.481 e. The van der Waals surface area contributed by atoms with Crippen LogP contribution >= 0.6 is 11.6 Å². The molecule has 17 heteroatoms. The molecule has 0 saturated heterocycles. The van der Waals surface area contributed by atoms with Crippen LogP contribution in [0, 0.1) is 5.82 Å². The number of aliphatic hydroxyl groups is 1. The first kappa shape index (κ1) is 39.5. The average molecular weight is 754 g/mol. The summed E-state index contributed by atoms with van der Waals surface area (Å²) in [5.74, 6) is -2.06. The van der Waals surface area contributed by atoms with Crippen molar-refractivity contribution in [2.24, 2.45) is 5.11 Å². The van der Waals surface area contributed by atoms with Gasteiger partial charge in [-0.05, 0) is 72.8 Å². The lowest BCUT2D eigenvalue weighted by atomic mass is 9.85. The number of pyridine rings is 1. The number of halogens is 2. The number of anilines is 1. The SMILES string of the molecule is COc1ccc([C@H](c2ccc(Cl)cc2)[C@H](N=[N+]=[N-])C(=O)Nc2cccc(F)c2CC[C@@H](CN(C[C@H](C)O)C(=O)O)NS(=O)(=O)c2ccccc2)cn1. The Bertz CT molecular complexity index is 1980. The zero-order chi connectivity index (χ0) is 37.8. The van der Waals surface area contributed by atoms with Gasteiger partial charge in [0.1, 0.15) is 11.9 Å². The number of ether oxygens (including phenoxy) is 1. The third-order valence-corrected chi connectivity index (χ3v) is 9.80. The van der Waals surface area contributed by atoms with Gasteiger partial charge in [-0.1, -0.05) is 59.2 Å². The van der Waals surface area contributed by atoms with Crippen molar-refractivity contribution in [2.45, 2.75) is 48.8 Å². The molecule has 0 bridgehead atoms. The number of aliphatic hydroxyl groups excluding tert-OH is 1. The van der Waals surface area contributed by atoms with Crippen molar-refractivity contribution >= 4 is 39.3 Å². The Kier molecular flexibility index (Phi) is 13.9. The van der Waals surface area contributed by atoms with Gasteiger partial charge in [0.2, 0.25) is 21.8 Å². The van der Waals surface area contributed by atoms with E-state index in [-0.39, 0.29) is 42.1 Å². The van der Waals surface area contributed by atoms with E-state index in [0.717, 1.165) is 11.0 Å². The molecule has 274 valence electrons. The smallest absolute Gasteiger partial charge is 0.407 e. The molecule has 0 aliphatic carbocycles. The topological polar surface area (TPSA) is 207 Å². The molecule has 0 aliphatic heterocycles. The van der Waals surface area contributed by atoms with E-state index in [9.17, 15) is 33.8 Å². The second kappa shape index (κ2) is 18.3. The molecule has 0 fully saturated rings. The summed E-state index contributed by atoms with van der Waals surface area (Å²) in [7, 11) is -2.71. The van der Waals surface area contributed by atoms with E-state index in [4.69, 9.17) is 16.3 Å². The molecule has 4 N–H and O–H groups in total. The number of nitrogens with one attached hydrogen (secondary N) is 2. The van der Waals surface area contributed by atoms with Crippen molar-refractivity contribution in [3.63, 3.8) is 0 Å². The maximum absolute atomic E-state index is 15.5. The van der Waals surface area contributed by atoms with E-state index in [0.29, 0.717) is 22.0 Å². The van der Waals surface area contributed by atoms with Crippen molar-refractivity contribution in [3.05, 3.63) is 129 Å². The summed E-state index contributed by atoms with van der Waals surface area (Å²) in [6, 6.07) is 18.7. The summed E-state index contributed by atoms with van der Waals surface area (Å²) >= 11 is 6.12. The van der Waals surface area contributed by atoms with Crippen LogP contribution in [-0.4, -0.2) is 78.9 Å². The normalized spacial score (nSPS) is 13.6. The van der Waals surface area contributed by atoms with Gasteiger partial charge in [0.25, 0.3) is 0 Å². The number of rotatable bonds is 17. The maximum Gasteiger partial charge on any atom is 0.407 e. The van der Waals surface area contributed by atoms with Gasteiger partial charge in [-0.15, -0.1) is 0 Å². The van der Waals surface area contributed by atoms with E-state index in [1.807, 2.05) is 0 Å². The highest BCUT2D eigenvalue weighted by molar-refractivity contribution is 7.89. The fourth-order valence-corrected chi connectivity index (χ4v) is 7.00. The van der Waals surface area contributed by atoms with Crippen LogP contribution in [0.2, 0.25) is 5.02 Å². The Hall–Kier alpha value is -5.25. The number of carbonyl (C=O) groups excluding carboxylic acids is 1. The number of amides is 2. The number of hydrogen-bond donors (Lipinski definition) is 4. The molecule has 0 saturated carbocycles. The molecule has 0 unspecified atom stereocenters. The standard InChI is InChI=1S/C35H37ClFN7O7S/c1-22(45)20-44(35(47)48)21-26(42-52(49,50)27-7-4-3-5-8-27)16-17-28-29(37)9-6-10-30(28)40-34(46)33(41-43-38)32(23-11-14-25(36)15-12-23)24-13-18-31(51-2)39-19-24/h3-15,18-19,22,26,32-33,42,45H,16-17,20-21H2,1-2H3,(H,40,46)(H,47,48)/t22-,26-,32-,33-/m0/s1. The highest BCUT2D eigenvalue weighted by atomic mass is 35.5. The molecule has 0 radical (unpaired) electrons. The molecule has 2 amide bonds. The van der Waals surface area contributed by atoms with Gasteiger partial charge in [-0.25, -0.2) is 27.3 Å². The van der Waals surface area contributed by atoms with E-state index in [1.165, 1.54) is 56.6 Å². The summed E-state index contributed by atoms with van der Waals surface area (Å²) in [5.41, 5.74) is 10.6. The van der Waals surface area contributed by atoms with E-state index in [1.54, 1.807) is 42.5 Å². The molecule has 3 aromatic carbocycles. The Labute approximate surface area is 304 Å². The number of carboxylic acid groups (broad SMARTS) is 1. The minimum atomic E-state index is -4.15. The van der Waals surface area contributed by atoms with Crippen LogP contribution in [-0.2, 0) is 21.2 Å². The average Bonchev–Trinajstić information content (AvgIpc) is 3.11. The second-order valence-corrected chi connectivity index (χ2v) is 13.9. The molecule has 0 aliphatic rings. The number of aromatic nitrogens is 1. The van der Waals surface area contributed by atoms with Gasteiger partial charge in [-0.2, -0.15) is 0 Å². The van der Waals surface area contributed by atoms with Gasteiger partial charge in [0, 0.05) is 58.5 Å². The first-order valence-electron chi connectivity index (χ1n) is 15.9. The minimum absolute atomic E-state index is 0.00833. The van der Waals surface area contributed by atoms with E-state index >= 15 is 4.39 Å². The number of hydrogen-bond acceptors (Lipinski definition) is 8. The number of azide groups is 1. The molecule has 4 atom stereocenters. The summed E-state index contributed by atoms with van der Waals surface area (Å²) in [6.07, 6.45) is -1.25. The van der Waals surface area contributed by atoms with E-state index < -0.39 is 51.9 Å². The highest BCUT2D eigenvalue weighted by Crippen LogP contribution is 2.33. The fraction of sp³-hybridized carbons (Fsp3) is 0.286. The number of benzene rings is 3. The number of carbonyl (C=O) groups is 2. The van der Waals surface area contributed by atoms with Crippen molar-refractivity contribution in [2.75, 3.05) is 25.5 Å². The molecular formula is C35H37ClFN7O7S. The number of methoxy groups -OCH3 is 1. The van der Waals surface area contributed by atoms with Gasteiger partial charge in [0.15, 0.2) is 0 Å². The lowest BCUT2D eigenvalue weighted by molar-refractivity contribution is -0.117. The van der Waals surface area contributed by atoms with Crippen LogP contribution in [0.1, 0.15) is 36.0 Å². The van der Waals surface area contributed by atoms with Crippen LogP contribution in [0.5, 0.6) is 5.88 Å². The molecule has 4 rings (SSSR count). The van der Waals surface area contributed by atoms with Crippen molar-refractivity contribution in [3.8, 4) is 5.88 Å². The lowest BCUT2D eigenvalue weighted by Crippen LogP contribution is -2.47. The monoisotopic (exact) mass is 753 g/mol. The van der Waals surface area contributed by atoms with Crippen molar-refractivity contribution in [1.82, 2.24) is 14.6 Å². The summed E-state index contributed by atoms with van der Waals surface area (Å²) in [4.78, 5) is 34.0. The molecule has 0 spiro atoms. The van der Waals surface area contributed by atoms with Gasteiger partial charge in [-0.3, -0.25) is 4.79 Å². The zero-order valence-electron chi connectivity index (χ0n) is 28.1. The van der Waals surface area contributed by atoms with E-state index in [2.05, 4.69) is 25.0 Å². The van der Waals surface area contributed by atoms with Crippen molar-refractivity contribution in [1.29, 1.82) is 0 Å². The zero-order valence-corrected chi connectivity index (χ0v) is 29.7. The molecule has 1 heterocycles. The Balaban J connectivity index is 1.66. The first-order valence-corrected chi connectivity index (χ1v) is 17.8. The van der Waals surface area contributed by atoms with Gasteiger partial charge < -0.3 is 25.2 Å². The quantitative estimate of drug-likeness (QED) is 0.0572. The molecule has 52 heavy (non-hydrogen) atoms. The third kappa shape index (κ3) is 10.6. The Morgan fingerprint density at radius 1 is 1.04 bits per heavy atom. The lowest BCUT2D eigenvalue weighted by Gasteiger charge is -2.27. The van der Waals surface area contributed by atoms with Gasteiger partial charge >= 0.3 is 6.09 Å². The number of sulfonamides is 1. The first-order chi connectivity index (χ1) is 24.8. The van der Waals surface area contributed by atoms with Crippen LogP contribution < -0.4 is 14.8 Å². The predicted molar refractivity (Wildman–Crippen MR) is 192 cm³/mol. The Morgan fingerprint density at radius 3 is 2.33 bits per heavy atom. The molecule has 14 nitrogen and oxygen atoms in total. The van der Waals surface area contributed by atoms with Crippen molar-refractivity contribution < 1.29 is 37.3 Å². The predicted octanol–water partition coefficient (Wildman–Crippen LogP) is 5.97. The second-order valence-electron chi connectivity index (χ2n) is 11.8. The summed E-state index contributed by atoms with van der Waals surface area (Å²) < 4.78 is 49.8. The molecule has 4 aromatic rings. The summed E-state index contributed by atoms with van der Waals surface area (Å²) in [6.45, 7) is 0.707. The van der Waals surface area contributed by atoms with Gasteiger partial charge in [0.05, 0.1) is 18.1 Å². The maximum atomic E-state index is 15.5. The molecular weight excluding hydrogens is 717 g/mol. The van der Waals surface area contributed by atoms with Crippen LogP contribution in [0.3, 0.4) is 0 Å².